The number of carbonyl (C=O) groups excluding carboxylic acids is 1. The fourth-order valence-corrected chi connectivity index (χ4v) is 2.24. The summed E-state index contributed by atoms with van der Waals surface area (Å²) in [5.74, 6) is 0.299. The minimum Gasteiger partial charge on any atom is -0.497 e. The molecule has 0 atom stereocenters. The molecule has 6 nitrogen and oxygen atoms in total. The second kappa shape index (κ2) is 9.72. The van der Waals surface area contributed by atoms with Gasteiger partial charge in [-0.2, -0.15) is 0 Å². The molecular formula is C21H19NO5. The van der Waals surface area contributed by atoms with Gasteiger partial charge in [0, 0.05) is 18.2 Å². The van der Waals surface area contributed by atoms with E-state index in [0.717, 1.165) is 22.4 Å². The molecule has 2 aromatic carbocycles. The Morgan fingerprint density at radius 3 is 2.15 bits per heavy atom. The lowest BCUT2D eigenvalue weighted by Gasteiger charge is -2.05. The molecule has 0 bridgehead atoms. The van der Waals surface area contributed by atoms with Gasteiger partial charge in [0.15, 0.2) is 0 Å². The smallest absolute Gasteiger partial charge is 0.330 e. The van der Waals surface area contributed by atoms with Gasteiger partial charge in [-0.05, 0) is 47.0 Å². The van der Waals surface area contributed by atoms with Crippen LogP contribution in [0.1, 0.15) is 11.1 Å². The number of esters is 1. The number of benzene rings is 2. The highest BCUT2D eigenvalue weighted by Gasteiger charge is 2.04. The zero-order valence-electron chi connectivity index (χ0n) is 15.0. The number of hydrogen-bond donors (Lipinski definition) is 0. The van der Waals surface area contributed by atoms with Crippen molar-refractivity contribution in [1.82, 2.24) is 0 Å². The lowest BCUT2D eigenvalue weighted by atomic mass is 10.0. The molecule has 0 spiro atoms. The van der Waals surface area contributed by atoms with Crippen molar-refractivity contribution in [2.45, 2.75) is 0 Å². The summed E-state index contributed by atoms with van der Waals surface area (Å²) in [4.78, 5) is 21.5. The Morgan fingerprint density at radius 2 is 1.59 bits per heavy atom. The Kier molecular flexibility index (Phi) is 7.07. The number of nitrogens with zero attached hydrogens (tertiary/aromatic N) is 1. The highest BCUT2D eigenvalue weighted by atomic mass is 16.6. The van der Waals surface area contributed by atoms with Gasteiger partial charge in [-0.1, -0.05) is 30.4 Å². The molecule has 138 valence electrons. The van der Waals surface area contributed by atoms with Crippen LogP contribution in [-0.2, 0) is 9.53 Å². The van der Waals surface area contributed by atoms with Gasteiger partial charge in [0.25, 0.3) is 5.69 Å². The number of nitro groups is 1. The quantitative estimate of drug-likeness (QED) is 0.181. The van der Waals surface area contributed by atoms with Crippen molar-refractivity contribution >= 4 is 23.3 Å². The van der Waals surface area contributed by atoms with Crippen LogP contribution < -0.4 is 4.74 Å². The molecule has 0 N–H and O–H groups in total. The zero-order chi connectivity index (χ0) is 19.6. The Balaban J connectivity index is 2.35. The summed E-state index contributed by atoms with van der Waals surface area (Å²) in [6.07, 6.45) is 8.35. The number of allylic oxidation sites excluding steroid dienone is 4. The third kappa shape index (κ3) is 5.97. The summed E-state index contributed by atoms with van der Waals surface area (Å²) in [5, 5.41) is 10.8. The van der Waals surface area contributed by atoms with Gasteiger partial charge in [-0.15, -0.1) is 0 Å². The summed E-state index contributed by atoms with van der Waals surface area (Å²) in [6.45, 7) is 0. The number of carbonyl (C=O) groups is 1. The van der Waals surface area contributed by atoms with Crippen LogP contribution in [0.2, 0.25) is 0 Å². The molecule has 6 heteroatoms. The van der Waals surface area contributed by atoms with E-state index in [1.165, 1.54) is 25.3 Å². The molecule has 0 aliphatic rings. The minimum absolute atomic E-state index is 0.0368. The molecule has 2 aromatic rings. The lowest BCUT2D eigenvalue weighted by Crippen LogP contribution is -1.92. The Labute approximate surface area is 157 Å². The van der Waals surface area contributed by atoms with E-state index in [9.17, 15) is 14.9 Å². The first-order valence-electron chi connectivity index (χ1n) is 8.07. The van der Waals surface area contributed by atoms with E-state index >= 15 is 0 Å². The highest BCUT2D eigenvalue weighted by Crippen LogP contribution is 2.23. The van der Waals surface area contributed by atoms with Crippen molar-refractivity contribution in [2.75, 3.05) is 14.2 Å². The van der Waals surface area contributed by atoms with E-state index in [-0.39, 0.29) is 5.69 Å². The van der Waals surface area contributed by atoms with E-state index in [2.05, 4.69) is 4.74 Å². The number of non-ortho nitro benzene ring substituents is 1. The molecule has 0 heterocycles. The SMILES string of the molecule is COC(=O)/C=C/C=C/C(=C/c1ccc([N+](=O)[O-])cc1)c1ccc(OC)cc1. The Bertz CT molecular complexity index is 878. The third-order valence-electron chi connectivity index (χ3n) is 3.67. The number of methoxy groups -OCH3 is 2. The number of rotatable bonds is 7. The highest BCUT2D eigenvalue weighted by molar-refractivity contribution is 5.88. The maximum absolute atomic E-state index is 11.1. The van der Waals surface area contributed by atoms with E-state index in [1.807, 2.05) is 36.4 Å². The maximum Gasteiger partial charge on any atom is 0.330 e. The van der Waals surface area contributed by atoms with Crippen LogP contribution >= 0.6 is 0 Å². The first kappa shape index (κ1) is 19.7. The van der Waals surface area contributed by atoms with Gasteiger partial charge in [-0.25, -0.2) is 4.79 Å². The normalized spacial score (nSPS) is 11.7. The summed E-state index contributed by atoms with van der Waals surface area (Å²) < 4.78 is 9.73. The van der Waals surface area contributed by atoms with Crippen molar-refractivity contribution < 1.29 is 19.2 Å². The van der Waals surface area contributed by atoms with Crippen LogP contribution in [0, 0.1) is 10.1 Å². The van der Waals surface area contributed by atoms with Crippen molar-refractivity contribution in [1.29, 1.82) is 0 Å². The molecule has 0 aliphatic carbocycles. The van der Waals surface area contributed by atoms with Crippen LogP contribution in [0.15, 0.2) is 72.8 Å². The van der Waals surface area contributed by atoms with Crippen molar-refractivity contribution in [3.63, 3.8) is 0 Å². The van der Waals surface area contributed by atoms with Gasteiger partial charge in [0.2, 0.25) is 0 Å². The second-order valence-electron chi connectivity index (χ2n) is 5.42. The monoisotopic (exact) mass is 365 g/mol. The molecule has 0 fully saturated rings. The average Bonchev–Trinajstić information content (AvgIpc) is 2.70. The minimum atomic E-state index is -0.440. The predicted octanol–water partition coefficient (Wildman–Crippen LogP) is 4.43. The predicted molar refractivity (Wildman–Crippen MR) is 104 cm³/mol. The zero-order valence-corrected chi connectivity index (χ0v) is 15.0. The van der Waals surface area contributed by atoms with E-state index in [4.69, 9.17) is 4.74 Å². The molecule has 0 aliphatic heterocycles. The standard InChI is InChI=1S/C21H19NO5/c1-26-20-13-9-17(10-14-20)18(5-3-4-6-21(23)27-2)15-16-7-11-19(12-8-16)22(24)25/h3-15H,1-2H3/b5-3+,6-4+,18-15-. The molecule has 0 saturated carbocycles. The average molecular weight is 365 g/mol. The number of nitro benzene ring substituents is 1. The fourth-order valence-electron chi connectivity index (χ4n) is 2.24. The van der Waals surface area contributed by atoms with E-state index < -0.39 is 10.9 Å². The molecule has 0 amide bonds. The summed E-state index contributed by atoms with van der Waals surface area (Å²) >= 11 is 0. The largest absolute Gasteiger partial charge is 0.497 e. The number of hydrogen-bond acceptors (Lipinski definition) is 5. The first-order chi connectivity index (χ1) is 13.0. The van der Waals surface area contributed by atoms with Gasteiger partial charge >= 0.3 is 5.97 Å². The first-order valence-corrected chi connectivity index (χ1v) is 8.07. The van der Waals surface area contributed by atoms with Gasteiger partial charge in [-0.3, -0.25) is 10.1 Å². The molecule has 0 aromatic heterocycles. The van der Waals surface area contributed by atoms with Crippen LogP contribution in [0.4, 0.5) is 5.69 Å². The second-order valence-corrected chi connectivity index (χ2v) is 5.42. The van der Waals surface area contributed by atoms with Gasteiger partial charge in [0.05, 0.1) is 19.1 Å². The maximum atomic E-state index is 11.1. The number of ether oxygens (including phenoxy) is 2. The molecule has 0 unspecified atom stereocenters. The summed E-state index contributed by atoms with van der Waals surface area (Å²) in [6, 6.07) is 13.8. The topological polar surface area (TPSA) is 78.7 Å². The van der Waals surface area contributed by atoms with Crippen molar-refractivity contribution in [3.8, 4) is 5.75 Å². The molecule has 0 saturated heterocycles. The van der Waals surface area contributed by atoms with Gasteiger partial charge in [0.1, 0.15) is 5.75 Å². The third-order valence-corrected chi connectivity index (χ3v) is 3.67. The Morgan fingerprint density at radius 1 is 0.963 bits per heavy atom. The summed E-state index contributed by atoms with van der Waals surface area (Å²) in [7, 11) is 2.91. The van der Waals surface area contributed by atoms with Crippen molar-refractivity contribution in [2.24, 2.45) is 0 Å². The molecular weight excluding hydrogens is 346 g/mol. The van der Waals surface area contributed by atoms with Crippen LogP contribution in [0.25, 0.3) is 11.6 Å². The molecule has 2 rings (SSSR count). The van der Waals surface area contributed by atoms with Crippen molar-refractivity contribution in [3.05, 3.63) is 94.1 Å². The van der Waals surface area contributed by atoms with Crippen LogP contribution in [0.5, 0.6) is 5.75 Å². The lowest BCUT2D eigenvalue weighted by molar-refractivity contribution is -0.384. The van der Waals surface area contributed by atoms with E-state index in [1.54, 1.807) is 31.4 Å². The van der Waals surface area contributed by atoms with E-state index in [0.29, 0.717) is 0 Å². The summed E-state index contributed by atoms with van der Waals surface area (Å²) in [5.41, 5.74) is 2.64. The van der Waals surface area contributed by atoms with Crippen LogP contribution in [-0.4, -0.2) is 25.1 Å². The molecule has 0 radical (unpaired) electrons. The van der Waals surface area contributed by atoms with Crippen LogP contribution in [0.3, 0.4) is 0 Å². The molecule has 27 heavy (non-hydrogen) atoms. The Hall–Kier alpha value is -3.67. The van der Waals surface area contributed by atoms with Gasteiger partial charge < -0.3 is 9.47 Å². The fraction of sp³-hybridized carbons (Fsp3) is 0.0952.